The minimum absolute atomic E-state index is 0.0620. The van der Waals surface area contributed by atoms with Crippen molar-refractivity contribution in [3.05, 3.63) is 65.6 Å². The van der Waals surface area contributed by atoms with Crippen LogP contribution in [0.4, 0.5) is 0 Å². The largest absolute Gasteiger partial charge is 0.454 e. The Kier molecular flexibility index (Phi) is 1.88. The van der Waals surface area contributed by atoms with E-state index in [1.807, 2.05) is 18.2 Å². The number of hydrogen-bond acceptors (Lipinski definition) is 5. The third-order valence-corrected chi connectivity index (χ3v) is 4.97. The Hall–Kier alpha value is -3.73. The van der Waals surface area contributed by atoms with Gasteiger partial charge < -0.3 is 8.83 Å². The summed E-state index contributed by atoms with van der Waals surface area (Å²) in [5, 5.41) is 0.865. The Morgan fingerprint density at radius 1 is 0.828 bits per heavy atom. The first kappa shape index (κ1) is 9.65. The molecule has 5 aromatic heterocycles. The fourth-order valence-electron chi connectivity index (χ4n) is 3.59. The summed E-state index contributed by atoms with van der Waals surface area (Å²) in [4.78, 5) is 13.1. The Balaban J connectivity index is 1.70. The van der Waals surface area contributed by atoms with Gasteiger partial charge in [-0.05, 0) is 49.9 Å². The number of para-hydroxylation sites is 1. The topological polar surface area (TPSA) is 65.0 Å². The Bertz CT molecular complexity index is 1900. The number of fused-ring (bicyclic) bond motifs is 6. The summed E-state index contributed by atoms with van der Waals surface area (Å²) in [6.45, 7) is -8.06. The number of aromatic nitrogens is 3. The van der Waals surface area contributed by atoms with Crippen LogP contribution in [0, 0.1) is 20.6 Å². The lowest BCUT2D eigenvalue weighted by Gasteiger charge is -2.06. The van der Waals surface area contributed by atoms with Gasteiger partial charge in [0.05, 0.1) is 22.3 Å². The molecule has 0 amide bonds. The van der Waals surface area contributed by atoms with Crippen LogP contribution in [-0.4, -0.2) is 15.0 Å². The fourth-order valence-corrected chi connectivity index (χ4v) is 3.59. The molecule has 0 spiro atoms. The molecule has 5 nitrogen and oxygen atoms in total. The van der Waals surface area contributed by atoms with E-state index in [2.05, 4.69) is 9.97 Å². The molecule has 0 aliphatic carbocycles. The van der Waals surface area contributed by atoms with Gasteiger partial charge in [-0.1, -0.05) is 12.1 Å². The van der Waals surface area contributed by atoms with E-state index < -0.39 is 31.7 Å². The molecule has 0 fully saturated rings. The second-order valence-electron chi connectivity index (χ2n) is 6.72. The van der Waals surface area contributed by atoms with Gasteiger partial charge in [-0.25, -0.2) is 4.98 Å². The lowest BCUT2D eigenvalue weighted by molar-refractivity contribution is 0.655. The third kappa shape index (κ3) is 2.24. The predicted molar refractivity (Wildman–Crippen MR) is 114 cm³/mol. The number of furan rings is 2. The molecule has 0 aliphatic heterocycles. The number of aryl methyl sites for hydroxylation is 3. The molecule has 140 valence electrons. The highest BCUT2D eigenvalue weighted by Gasteiger charge is 2.20. The van der Waals surface area contributed by atoms with Gasteiger partial charge in [-0.2, -0.15) is 0 Å². The van der Waals surface area contributed by atoms with Crippen LogP contribution in [0.2, 0.25) is 0 Å². The number of hydrogen-bond donors (Lipinski definition) is 0. The molecule has 1 aromatic carbocycles. The van der Waals surface area contributed by atoms with Crippen molar-refractivity contribution in [2.75, 3.05) is 0 Å². The van der Waals surface area contributed by atoms with Gasteiger partial charge in [0, 0.05) is 36.2 Å². The first-order valence-electron chi connectivity index (χ1n) is 13.3. The zero-order chi connectivity index (χ0) is 27.2. The summed E-state index contributed by atoms with van der Waals surface area (Å²) in [5.41, 5.74) is 1.34. The van der Waals surface area contributed by atoms with Gasteiger partial charge in [-0.15, -0.1) is 0 Å². The van der Waals surface area contributed by atoms with Crippen LogP contribution < -0.4 is 0 Å². The lowest BCUT2D eigenvalue weighted by Crippen LogP contribution is -1.91. The Labute approximate surface area is 178 Å². The SMILES string of the molecule is [2H]C([2H])([2H])c1cnc(-c2cnc(C([2H])([2H])[2H])c3c2oc2cc4oc5ccccc5c4nc23)cc1C([2H])([2H])[2H]. The first-order chi connectivity index (χ1) is 17.7. The summed E-state index contributed by atoms with van der Waals surface area (Å²) in [5.74, 6) is 0. The average molecular weight is 388 g/mol. The first-order valence-corrected chi connectivity index (χ1v) is 8.79. The number of rotatable bonds is 1. The molecular formula is C24H17N3O2. The second-order valence-corrected chi connectivity index (χ2v) is 6.72. The molecule has 0 N–H and O–H groups in total. The molecule has 0 atom stereocenters. The maximum atomic E-state index is 8.05. The van der Waals surface area contributed by atoms with Gasteiger partial charge in [0.25, 0.3) is 0 Å². The van der Waals surface area contributed by atoms with Crippen molar-refractivity contribution in [2.45, 2.75) is 20.6 Å². The van der Waals surface area contributed by atoms with E-state index in [1.54, 1.807) is 12.1 Å². The van der Waals surface area contributed by atoms with Crippen LogP contribution in [0.15, 0.2) is 57.6 Å². The van der Waals surface area contributed by atoms with Gasteiger partial charge in [-0.3, -0.25) is 9.97 Å². The van der Waals surface area contributed by atoms with Crippen LogP contribution in [0.5, 0.6) is 0 Å². The van der Waals surface area contributed by atoms with Gasteiger partial charge in [0.2, 0.25) is 0 Å². The molecule has 0 saturated carbocycles. The van der Waals surface area contributed by atoms with Crippen LogP contribution in [0.3, 0.4) is 0 Å². The average Bonchev–Trinajstić information content (AvgIpc) is 3.37. The van der Waals surface area contributed by atoms with E-state index in [0.717, 1.165) is 17.6 Å². The smallest absolute Gasteiger partial charge is 0.157 e. The van der Waals surface area contributed by atoms with E-state index in [0.29, 0.717) is 16.7 Å². The number of nitrogens with zero attached hydrogens (tertiary/aromatic N) is 3. The zero-order valence-corrected chi connectivity index (χ0v) is 14.8. The van der Waals surface area contributed by atoms with E-state index in [9.17, 15) is 0 Å². The minimum Gasteiger partial charge on any atom is -0.454 e. The predicted octanol–water partition coefficient (Wildman–Crippen LogP) is 6.26. The third-order valence-electron chi connectivity index (χ3n) is 4.97. The van der Waals surface area contributed by atoms with Crippen molar-refractivity contribution >= 4 is 44.1 Å². The van der Waals surface area contributed by atoms with Crippen LogP contribution in [0.25, 0.3) is 55.4 Å². The van der Waals surface area contributed by atoms with Crippen LogP contribution in [0.1, 0.15) is 29.2 Å². The van der Waals surface area contributed by atoms with Crippen molar-refractivity contribution < 1.29 is 21.2 Å². The maximum absolute atomic E-state index is 8.05. The van der Waals surface area contributed by atoms with Crippen LogP contribution >= 0.6 is 0 Å². The summed E-state index contributed by atoms with van der Waals surface area (Å²) in [6, 6.07) is 10.1. The maximum Gasteiger partial charge on any atom is 0.157 e. The van der Waals surface area contributed by atoms with Crippen LogP contribution in [-0.2, 0) is 0 Å². The standard InChI is InChI=1S/C24H17N3O2/c1-12-8-17(26-10-13(12)2)16-11-25-14(3)21-23-20(29-24(16)21)9-19-22(27-23)15-6-4-5-7-18(15)28-19/h4-11H,1-3H3/i1D3,2D3,3D3. The Morgan fingerprint density at radius 3 is 2.62 bits per heavy atom. The lowest BCUT2D eigenvalue weighted by atomic mass is 10.1. The van der Waals surface area contributed by atoms with E-state index >= 15 is 0 Å². The second kappa shape index (κ2) is 5.64. The molecule has 6 rings (SSSR count). The van der Waals surface area contributed by atoms with E-state index in [4.69, 9.17) is 26.2 Å². The summed E-state index contributed by atoms with van der Waals surface area (Å²) >= 11 is 0. The number of benzene rings is 1. The normalized spacial score (nSPS) is 17.9. The highest BCUT2D eigenvalue weighted by molar-refractivity contribution is 6.13. The number of pyridine rings is 3. The molecule has 5 heterocycles. The van der Waals surface area contributed by atoms with Crippen molar-refractivity contribution in [2.24, 2.45) is 0 Å². The van der Waals surface area contributed by atoms with Gasteiger partial charge in [0.15, 0.2) is 11.2 Å². The molecule has 0 bridgehead atoms. The molecule has 29 heavy (non-hydrogen) atoms. The van der Waals surface area contributed by atoms with Crippen molar-refractivity contribution in [1.29, 1.82) is 0 Å². The van der Waals surface area contributed by atoms with Crippen molar-refractivity contribution in [1.82, 2.24) is 15.0 Å². The molecule has 0 unspecified atom stereocenters. The van der Waals surface area contributed by atoms with Crippen molar-refractivity contribution in [3.8, 4) is 11.3 Å². The zero-order valence-electron chi connectivity index (χ0n) is 23.8. The fraction of sp³-hybridized carbons (Fsp3) is 0.125. The van der Waals surface area contributed by atoms with Gasteiger partial charge >= 0.3 is 0 Å². The van der Waals surface area contributed by atoms with E-state index in [-0.39, 0.29) is 39.0 Å². The molecule has 0 radical (unpaired) electrons. The highest BCUT2D eigenvalue weighted by Crippen LogP contribution is 2.38. The Morgan fingerprint density at radius 2 is 1.72 bits per heavy atom. The van der Waals surface area contributed by atoms with E-state index in [1.165, 1.54) is 6.20 Å². The monoisotopic (exact) mass is 388 g/mol. The summed E-state index contributed by atoms with van der Waals surface area (Å²) in [6.07, 6.45) is 2.22. The molecule has 0 aliphatic rings. The quantitative estimate of drug-likeness (QED) is 0.332. The molecule has 0 saturated heterocycles. The minimum atomic E-state index is -2.74. The summed E-state index contributed by atoms with van der Waals surface area (Å²) in [7, 11) is 0. The van der Waals surface area contributed by atoms with Crippen molar-refractivity contribution in [3.63, 3.8) is 0 Å². The molecule has 5 heteroatoms. The summed E-state index contributed by atoms with van der Waals surface area (Å²) < 4.78 is 82.9. The molecule has 6 aromatic rings. The highest BCUT2D eigenvalue weighted by atomic mass is 16.3. The molecular weight excluding hydrogens is 362 g/mol. The van der Waals surface area contributed by atoms with Gasteiger partial charge in [0.1, 0.15) is 22.2 Å².